The summed E-state index contributed by atoms with van der Waals surface area (Å²) in [6.45, 7) is 8.17. The molecule has 0 aliphatic carbocycles. The van der Waals surface area contributed by atoms with Crippen molar-refractivity contribution in [3.8, 4) is 11.4 Å². The molecular weight excluding hydrogens is 226 g/mol. The summed E-state index contributed by atoms with van der Waals surface area (Å²) < 4.78 is 1.99. The molecular formula is C14H19N3O. The van der Waals surface area contributed by atoms with Gasteiger partial charge in [-0.2, -0.15) is 0 Å². The van der Waals surface area contributed by atoms with Crippen LogP contribution in [0.3, 0.4) is 0 Å². The van der Waals surface area contributed by atoms with Gasteiger partial charge in [-0.15, -0.1) is 10.2 Å². The van der Waals surface area contributed by atoms with Gasteiger partial charge in [-0.05, 0) is 39.3 Å². The van der Waals surface area contributed by atoms with Gasteiger partial charge in [0.2, 0.25) is 0 Å². The van der Waals surface area contributed by atoms with E-state index in [4.69, 9.17) is 0 Å². The second-order valence-corrected chi connectivity index (χ2v) is 4.88. The van der Waals surface area contributed by atoms with Crippen molar-refractivity contribution in [2.45, 2.75) is 40.3 Å². The van der Waals surface area contributed by atoms with Crippen LogP contribution in [0.2, 0.25) is 0 Å². The number of hydrogen-bond donors (Lipinski definition) is 1. The topological polar surface area (TPSA) is 50.9 Å². The van der Waals surface area contributed by atoms with Crippen LogP contribution >= 0.6 is 0 Å². The van der Waals surface area contributed by atoms with Crippen LogP contribution in [0.4, 0.5) is 0 Å². The molecule has 2 aromatic rings. The van der Waals surface area contributed by atoms with Crippen LogP contribution in [0.5, 0.6) is 0 Å². The molecule has 96 valence electrons. The van der Waals surface area contributed by atoms with Crippen LogP contribution in [-0.4, -0.2) is 19.9 Å². The predicted octanol–water partition coefficient (Wildman–Crippen LogP) is 2.64. The van der Waals surface area contributed by atoms with Gasteiger partial charge in [-0.25, -0.2) is 0 Å². The van der Waals surface area contributed by atoms with Gasteiger partial charge < -0.3 is 9.67 Å². The normalized spacial score (nSPS) is 11.2. The summed E-state index contributed by atoms with van der Waals surface area (Å²) in [6, 6.07) is 6.50. The van der Waals surface area contributed by atoms with Crippen molar-refractivity contribution < 1.29 is 5.11 Å². The number of benzene rings is 1. The van der Waals surface area contributed by atoms with Crippen LogP contribution in [0.15, 0.2) is 18.2 Å². The first-order chi connectivity index (χ1) is 8.54. The number of rotatable bonds is 3. The zero-order chi connectivity index (χ0) is 13.3. The van der Waals surface area contributed by atoms with Gasteiger partial charge in [0.1, 0.15) is 6.61 Å². The third-order valence-electron chi connectivity index (χ3n) is 3.06. The average Bonchev–Trinajstić information content (AvgIpc) is 2.75. The van der Waals surface area contributed by atoms with Gasteiger partial charge >= 0.3 is 0 Å². The SMILES string of the molecule is Cc1ccc(C)c(-c2nnc(CO)n2C(C)C)c1. The maximum Gasteiger partial charge on any atom is 0.164 e. The Labute approximate surface area is 107 Å². The minimum Gasteiger partial charge on any atom is -0.388 e. The Hall–Kier alpha value is -1.68. The highest BCUT2D eigenvalue weighted by Gasteiger charge is 2.16. The molecule has 0 atom stereocenters. The summed E-state index contributed by atoms with van der Waals surface area (Å²) in [7, 11) is 0. The Morgan fingerprint density at radius 3 is 2.56 bits per heavy atom. The maximum absolute atomic E-state index is 9.33. The van der Waals surface area contributed by atoms with E-state index in [-0.39, 0.29) is 12.6 Å². The lowest BCUT2D eigenvalue weighted by atomic mass is 10.0. The molecule has 4 nitrogen and oxygen atoms in total. The summed E-state index contributed by atoms with van der Waals surface area (Å²) >= 11 is 0. The van der Waals surface area contributed by atoms with Crippen molar-refractivity contribution >= 4 is 0 Å². The van der Waals surface area contributed by atoms with Crippen molar-refractivity contribution in [3.63, 3.8) is 0 Å². The molecule has 0 aliphatic heterocycles. The van der Waals surface area contributed by atoms with Gasteiger partial charge in [-0.1, -0.05) is 17.7 Å². The molecule has 4 heteroatoms. The molecule has 0 aliphatic rings. The van der Waals surface area contributed by atoms with Crippen molar-refractivity contribution in [2.75, 3.05) is 0 Å². The van der Waals surface area contributed by atoms with E-state index in [0.717, 1.165) is 11.4 Å². The molecule has 0 unspecified atom stereocenters. The minimum absolute atomic E-state index is 0.0873. The molecule has 1 aromatic heterocycles. The third kappa shape index (κ3) is 2.16. The summed E-state index contributed by atoms with van der Waals surface area (Å²) in [6.07, 6.45) is 0. The fourth-order valence-corrected chi connectivity index (χ4v) is 2.13. The monoisotopic (exact) mass is 245 g/mol. The predicted molar refractivity (Wildman–Crippen MR) is 71.2 cm³/mol. The fraction of sp³-hybridized carbons (Fsp3) is 0.429. The van der Waals surface area contributed by atoms with E-state index in [1.807, 2.05) is 4.57 Å². The van der Waals surface area contributed by atoms with Crippen LogP contribution < -0.4 is 0 Å². The first kappa shape index (κ1) is 12.8. The van der Waals surface area contributed by atoms with Crippen LogP contribution in [0.25, 0.3) is 11.4 Å². The number of aryl methyl sites for hydroxylation is 2. The lowest BCUT2D eigenvalue weighted by Gasteiger charge is -2.14. The summed E-state index contributed by atoms with van der Waals surface area (Å²) in [5.74, 6) is 1.44. The molecule has 2 rings (SSSR count). The zero-order valence-corrected chi connectivity index (χ0v) is 11.3. The van der Waals surface area contributed by atoms with E-state index in [1.54, 1.807) is 0 Å². The maximum atomic E-state index is 9.33. The lowest BCUT2D eigenvalue weighted by molar-refractivity contribution is 0.262. The fourth-order valence-electron chi connectivity index (χ4n) is 2.13. The quantitative estimate of drug-likeness (QED) is 0.904. The molecule has 0 spiro atoms. The lowest BCUT2D eigenvalue weighted by Crippen LogP contribution is -2.08. The van der Waals surface area contributed by atoms with Crippen molar-refractivity contribution in [2.24, 2.45) is 0 Å². The number of nitrogens with zero attached hydrogens (tertiary/aromatic N) is 3. The van der Waals surface area contributed by atoms with Gasteiger partial charge in [0.25, 0.3) is 0 Å². The number of aliphatic hydroxyl groups is 1. The first-order valence-electron chi connectivity index (χ1n) is 6.17. The molecule has 1 heterocycles. The molecule has 1 N–H and O–H groups in total. The highest BCUT2D eigenvalue weighted by molar-refractivity contribution is 5.61. The van der Waals surface area contributed by atoms with E-state index < -0.39 is 0 Å². The second-order valence-electron chi connectivity index (χ2n) is 4.88. The van der Waals surface area contributed by atoms with Crippen LogP contribution in [0.1, 0.15) is 36.8 Å². The number of aromatic nitrogens is 3. The van der Waals surface area contributed by atoms with Crippen molar-refractivity contribution in [1.82, 2.24) is 14.8 Å². The van der Waals surface area contributed by atoms with E-state index in [1.165, 1.54) is 11.1 Å². The summed E-state index contributed by atoms with van der Waals surface area (Å²) in [4.78, 5) is 0. The molecule has 0 saturated carbocycles. The smallest absolute Gasteiger partial charge is 0.164 e. The van der Waals surface area contributed by atoms with Gasteiger partial charge in [0.15, 0.2) is 11.6 Å². The molecule has 1 aromatic carbocycles. The Balaban J connectivity index is 2.63. The molecule has 0 fully saturated rings. The standard InChI is InChI=1S/C14H19N3O/c1-9(2)17-13(8-18)15-16-14(17)12-7-10(3)5-6-11(12)4/h5-7,9,18H,8H2,1-4H3. The Bertz CT molecular complexity index is 558. The highest BCUT2D eigenvalue weighted by atomic mass is 16.3. The van der Waals surface area contributed by atoms with Gasteiger partial charge in [0.05, 0.1) is 0 Å². The number of aliphatic hydroxyl groups excluding tert-OH is 1. The van der Waals surface area contributed by atoms with Crippen molar-refractivity contribution in [1.29, 1.82) is 0 Å². The van der Waals surface area contributed by atoms with E-state index >= 15 is 0 Å². The van der Waals surface area contributed by atoms with Crippen LogP contribution in [0, 0.1) is 13.8 Å². The Morgan fingerprint density at radius 2 is 1.94 bits per heavy atom. The zero-order valence-electron chi connectivity index (χ0n) is 11.3. The average molecular weight is 245 g/mol. The molecule has 0 amide bonds. The molecule has 0 radical (unpaired) electrons. The van der Waals surface area contributed by atoms with E-state index in [2.05, 4.69) is 56.1 Å². The highest BCUT2D eigenvalue weighted by Crippen LogP contribution is 2.26. The van der Waals surface area contributed by atoms with Crippen LogP contribution in [-0.2, 0) is 6.61 Å². The second kappa shape index (κ2) is 4.90. The summed E-state index contributed by atoms with van der Waals surface area (Å²) in [5.41, 5.74) is 3.44. The van der Waals surface area contributed by atoms with E-state index in [9.17, 15) is 5.11 Å². The third-order valence-corrected chi connectivity index (χ3v) is 3.06. The first-order valence-corrected chi connectivity index (χ1v) is 6.17. The van der Waals surface area contributed by atoms with Gasteiger partial charge in [0, 0.05) is 11.6 Å². The van der Waals surface area contributed by atoms with Gasteiger partial charge in [-0.3, -0.25) is 0 Å². The molecule has 0 saturated heterocycles. The van der Waals surface area contributed by atoms with Crippen molar-refractivity contribution in [3.05, 3.63) is 35.2 Å². The Kier molecular flexibility index (Phi) is 3.48. The summed E-state index contributed by atoms with van der Waals surface area (Å²) in [5, 5.41) is 17.6. The minimum atomic E-state index is -0.0873. The largest absolute Gasteiger partial charge is 0.388 e. The molecule has 0 bridgehead atoms. The molecule has 18 heavy (non-hydrogen) atoms. The number of hydrogen-bond acceptors (Lipinski definition) is 3. The Morgan fingerprint density at radius 1 is 1.22 bits per heavy atom. The van der Waals surface area contributed by atoms with E-state index in [0.29, 0.717) is 5.82 Å².